The first kappa shape index (κ1) is 22.5. The molecule has 8 nitrogen and oxygen atoms in total. The predicted molar refractivity (Wildman–Crippen MR) is 114 cm³/mol. The summed E-state index contributed by atoms with van der Waals surface area (Å²) in [6.07, 6.45) is 1.76. The zero-order valence-electron chi connectivity index (χ0n) is 18.1. The fourth-order valence-corrected chi connectivity index (χ4v) is 3.46. The molecular weight excluding hydrogens is 401 g/mol. The number of aromatic nitrogens is 2. The van der Waals surface area contributed by atoms with Gasteiger partial charge in [0.2, 0.25) is 5.91 Å². The summed E-state index contributed by atoms with van der Waals surface area (Å²) in [5, 5.41) is 3.04. The van der Waals surface area contributed by atoms with Crippen molar-refractivity contribution < 1.29 is 18.7 Å². The van der Waals surface area contributed by atoms with Gasteiger partial charge >= 0.3 is 0 Å². The van der Waals surface area contributed by atoms with E-state index in [-0.39, 0.29) is 30.2 Å². The molecular formula is C22H28FN5O3. The molecule has 3 rings (SSSR count). The van der Waals surface area contributed by atoms with E-state index in [0.717, 1.165) is 18.5 Å². The van der Waals surface area contributed by atoms with Gasteiger partial charge in [0.25, 0.3) is 5.91 Å². The molecule has 2 amide bonds. The molecule has 2 aromatic rings. The van der Waals surface area contributed by atoms with Gasteiger partial charge in [0, 0.05) is 46.1 Å². The quantitative estimate of drug-likeness (QED) is 0.727. The third-order valence-corrected chi connectivity index (χ3v) is 5.33. The lowest BCUT2D eigenvalue weighted by Gasteiger charge is -2.32. The molecule has 0 spiro atoms. The standard InChI is InChI=1S/C22H28FN5O3/c1-15(29)27(3)13-21-25-19(11-20(24-2)26-21)16-5-4-10-28(12-16)22(30)14-31-18-8-6-17(23)7-9-18/h6-9,11,16H,4-5,10,12-14H2,1-3H3,(H,24,25,26)/t16-/m1/s1. The number of likely N-dealkylation sites (tertiary alicyclic amines) is 1. The molecule has 1 saturated heterocycles. The number of ether oxygens (including phenoxy) is 1. The van der Waals surface area contributed by atoms with E-state index in [2.05, 4.69) is 15.3 Å². The van der Waals surface area contributed by atoms with E-state index < -0.39 is 0 Å². The van der Waals surface area contributed by atoms with Crippen LogP contribution in [0.25, 0.3) is 0 Å². The van der Waals surface area contributed by atoms with Gasteiger partial charge in [-0.1, -0.05) is 0 Å². The van der Waals surface area contributed by atoms with Gasteiger partial charge in [0.15, 0.2) is 6.61 Å². The van der Waals surface area contributed by atoms with Crippen LogP contribution in [0.2, 0.25) is 0 Å². The Kier molecular flexibility index (Phi) is 7.38. The molecule has 0 aliphatic carbocycles. The molecule has 1 aromatic heterocycles. The van der Waals surface area contributed by atoms with Crippen LogP contribution in [0, 0.1) is 5.82 Å². The van der Waals surface area contributed by atoms with E-state index in [9.17, 15) is 14.0 Å². The summed E-state index contributed by atoms with van der Waals surface area (Å²) < 4.78 is 18.5. The molecule has 0 saturated carbocycles. The van der Waals surface area contributed by atoms with Gasteiger partial charge in [-0.25, -0.2) is 14.4 Å². The van der Waals surface area contributed by atoms with Crippen LogP contribution in [-0.4, -0.2) is 65.4 Å². The maximum absolute atomic E-state index is 13.0. The van der Waals surface area contributed by atoms with E-state index in [0.29, 0.717) is 37.0 Å². The van der Waals surface area contributed by atoms with E-state index >= 15 is 0 Å². The van der Waals surface area contributed by atoms with E-state index in [1.54, 1.807) is 23.9 Å². The highest BCUT2D eigenvalue weighted by Gasteiger charge is 2.27. The van der Waals surface area contributed by atoms with Crippen molar-refractivity contribution in [2.24, 2.45) is 0 Å². The molecule has 0 bridgehead atoms. The molecule has 1 N–H and O–H groups in total. The van der Waals surface area contributed by atoms with Gasteiger partial charge < -0.3 is 19.9 Å². The van der Waals surface area contributed by atoms with Gasteiger partial charge in [-0.3, -0.25) is 9.59 Å². The summed E-state index contributed by atoms with van der Waals surface area (Å²) in [5.74, 6) is 1.24. The summed E-state index contributed by atoms with van der Waals surface area (Å²) >= 11 is 0. The first-order valence-electron chi connectivity index (χ1n) is 10.3. The van der Waals surface area contributed by atoms with Gasteiger partial charge in [-0.15, -0.1) is 0 Å². The molecule has 0 radical (unpaired) electrons. The van der Waals surface area contributed by atoms with Crippen LogP contribution < -0.4 is 10.1 Å². The SMILES string of the molecule is CNc1cc([C@@H]2CCCN(C(=O)COc3ccc(F)cc3)C2)nc(CN(C)C(C)=O)n1. The van der Waals surface area contributed by atoms with Crippen molar-refractivity contribution in [2.45, 2.75) is 32.2 Å². The molecule has 1 aromatic carbocycles. The van der Waals surface area contributed by atoms with Gasteiger partial charge in [0.1, 0.15) is 23.2 Å². The Balaban J connectivity index is 1.66. The van der Waals surface area contributed by atoms with E-state index in [1.807, 2.05) is 6.07 Å². The first-order chi connectivity index (χ1) is 14.9. The minimum atomic E-state index is -0.350. The third-order valence-electron chi connectivity index (χ3n) is 5.33. The predicted octanol–water partition coefficient (Wildman–Crippen LogP) is 2.42. The highest BCUT2D eigenvalue weighted by molar-refractivity contribution is 5.78. The second-order valence-corrected chi connectivity index (χ2v) is 7.64. The van der Waals surface area contributed by atoms with Crippen molar-refractivity contribution in [2.75, 3.05) is 39.1 Å². The highest BCUT2D eigenvalue weighted by atomic mass is 19.1. The fraction of sp³-hybridized carbons (Fsp3) is 0.455. The Bertz CT molecular complexity index is 922. The normalized spacial score (nSPS) is 16.0. The number of carbonyl (C=O) groups is 2. The van der Waals surface area contributed by atoms with Crippen LogP contribution in [0.3, 0.4) is 0 Å². The van der Waals surface area contributed by atoms with Crippen LogP contribution >= 0.6 is 0 Å². The average Bonchev–Trinajstić information content (AvgIpc) is 2.78. The van der Waals surface area contributed by atoms with Crippen molar-refractivity contribution in [3.05, 3.63) is 47.7 Å². The lowest BCUT2D eigenvalue weighted by molar-refractivity contribution is -0.134. The van der Waals surface area contributed by atoms with Gasteiger partial charge in [-0.2, -0.15) is 0 Å². The van der Waals surface area contributed by atoms with Crippen LogP contribution in [0.5, 0.6) is 5.75 Å². The Morgan fingerprint density at radius 2 is 2.03 bits per heavy atom. The van der Waals surface area contributed by atoms with Crippen LogP contribution in [0.1, 0.15) is 37.2 Å². The lowest BCUT2D eigenvalue weighted by Crippen LogP contribution is -2.41. The number of benzene rings is 1. The van der Waals surface area contributed by atoms with Crippen LogP contribution in [-0.2, 0) is 16.1 Å². The molecule has 1 fully saturated rings. The third kappa shape index (κ3) is 6.13. The van der Waals surface area contributed by atoms with E-state index in [1.165, 1.54) is 31.2 Å². The van der Waals surface area contributed by atoms with E-state index in [4.69, 9.17) is 4.74 Å². The largest absolute Gasteiger partial charge is 0.484 e. The Morgan fingerprint density at radius 1 is 1.29 bits per heavy atom. The number of rotatable bonds is 7. The fourth-order valence-electron chi connectivity index (χ4n) is 3.46. The molecule has 1 atom stereocenters. The number of amides is 2. The Labute approximate surface area is 181 Å². The van der Waals surface area contributed by atoms with Crippen LogP contribution in [0.15, 0.2) is 30.3 Å². The Morgan fingerprint density at radius 3 is 2.71 bits per heavy atom. The second kappa shape index (κ2) is 10.2. The van der Waals surface area contributed by atoms with Crippen molar-refractivity contribution >= 4 is 17.6 Å². The molecule has 1 aliphatic rings. The number of anilines is 1. The second-order valence-electron chi connectivity index (χ2n) is 7.64. The first-order valence-corrected chi connectivity index (χ1v) is 10.3. The molecule has 0 unspecified atom stereocenters. The number of hydrogen-bond acceptors (Lipinski definition) is 6. The number of nitrogens with one attached hydrogen (secondary N) is 1. The molecule has 31 heavy (non-hydrogen) atoms. The van der Waals surface area contributed by atoms with Gasteiger partial charge in [0.05, 0.1) is 12.2 Å². The van der Waals surface area contributed by atoms with Crippen LogP contribution in [0.4, 0.5) is 10.2 Å². The van der Waals surface area contributed by atoms with Crippen molar-refractivity contribution in [1.29, 1.82) is 0 Å². The number of hydrogen-bond donors (Lipinski definition) is 1. The summed E-state index contributed by atoms with van der Waals surface area (Å²) in [6.45, 7) is 2.92. The maximum Gasteiger partial charge on any atom is 0.260 e. The minimum absolute atomic E-state index is 0.0596. The molecule has 1 aliphatic heterocycles. The van der Waals surface area contributed by atoms with Gasteiger partial charge in [-0.05, 0) is 37.1 Å². The monoisotopic (exact) mass is 429 g/mol. The van der Waals surface area contributed by atoms with Crippen molar-refractivity contribution in [3.8, 4) is 5.75 Å². The summed E-state index contributed by atoms with van der Waals surface area (Å²) in [6, 6.07) is 7.49. The number of carbonyl (C=O) groups excluding carboxylic acids is 2. The number of nitrogens with zero attached hydrogens (tertiary/aromatic N) is 4. The zero-order chi connectivity index (χ0) is 22.4. The van der Waals surface area contributed by atoms with Crippen molar-refractivity contribution in [3.63, 3.8) is 0 Å². The minimum Gasteiger partial charge on any atom is -0.484 e. The smallest absolute Gasteiger partial charge is 0.260 e. The number of piperidine rings is 1. The number of halogens is 1. The zero-order valence-corrected chi connectivity index (χ0v) is 18.1. The topological polar surface area (TPSA) is 87.7 Å². The summed E-state index contributed by atoms with van der Waals surface area (Å²) in [7, 11) is 3.49. The summed E-state index contributed by atoms with van der Waals surface area (Å²) in [5.41, 5.74) is 0.850. The lowest BCUT2D eigenvalue weighted by atomic mass is 9.94. The molecule has 166 valence electrons. The van der Waals surface area contributed by atoms with Crippen molar-refractivity contribution in [1.82, 2.24) is 19.8 Å². The average molecular weight is 429 g/mol. The Hall–Kier alpha value is -3.23. The summed E-state index contributed by atoms with van der Waals surface area (Å²) in [4.78, 5) is 36.7. The molecule has 9 heteroatoms. The highest BCUT2D eigenvalue weighted by Crippen LogP contribution is 2.27. The molecule has 2 heterocycles. The maximum atomic E-state index is 13.0.